The second kappa shape index (κ2) is 4.75. The van der Waals surface area contributed by atoms with E-state index >= 15 is 0 Å². The predicted molar refractivity (Wildman–Crippen MR) is 81.3 cm³/mol. The van der Waals surface area contributed by atoms with Gasteiger partial charge in [0.1, 0.15) is 0 Å². The molecule has 1 aromatic heterocycles. The zero-order valence-corrected chi connectivity index (χ0v) is 11.3. The summed E-state index contributed by atoms with van der Waals surface area (Å²) in [6.07, 6.45) is 2.91. The van der Waals surface area contributed by atoms with Crippen molar-refractivity contribution in [3.63, 3.8) is 0 Å². The summed E-state index contributed by atoms with van der Waals surface area (Å²) in [5, 5.41) is 10.2. The maximum Gasteiger partial charge on any atom is 0.0992 e. The van der Waals surface area contributed by atoms with Crippen LogP contribution in [-0.4, -0.2) is 4.57 Å². The van der Waals surface area contributed by atoms with Crippen LogP contribution in [0.3, 0.4) is 0 Å². The van der Waals surface area contributed by atoms with E-state index in [0.717, 1.165) is 23.2 Å². The Morgan fingerprint density at radius 2 is 1.95 bits per heavy atom. The number of anilines is 1. The molecular formula is C17H15N3. The van der Waals surface area contributed by atoms with Gasteiger partial charge >= 0.3 is 0 Å². The van der Waals surface area contributed by atoms with Gasteiger partial charge < -0.3 is 10.3 Å². The molecule has 0 atom stereocenters. The average molecular weight is 261 g/mol. The highest BCUT2D eigenvalue weighted by molar-refractivity contribution is 5.85. The summed E-state index contributed by atoms with van der Waals surface area (Å²) in [6, 6.07) is 15.9. The zero-order chi connectivity index (χ0) is 14.1. The van der Waals surface area contributed by atoms with Crippen LogP contribution in [-0.2, 0) is 13.5 Å². The van der Waals surface area contributed by atoms with Crippen LogP contribution in [0.4, 0.5) is 5.69 Å². The van der Waals surface area contributed by atoms with Crippen molar-refractivity contribution < 1.29 is 0 Å². The molecule has 0 saturated heterocycles. The second-order valence-electron chi connectivity index (χ2n) is 4.98. The molecule has 0 amide bonds. The summed E-state index contributed by atoms with van der Waals surface area (Å²) >= 11 is 0. The molecule has 98 valence electrons. The maximum atomic E-state index is 8.99. The predicted octanol–water partition coefficient (Wildman–Crippen LogP) is 3.22. The fourth-order valence-electron chi connectivity index (χ4n) is 2.58. The van der Waals surface area contributed by atoms with Gasteiger partial charge in [-0.05, 0) is 29.3 Å². The molecule has 0 aliphatic rings. The Labute approximate surface area is 117 Å². The summed E-state index contributed by atoms with van der Waals surface area (Å²) in [5.41, 5.74) is 11.0. The first-order valence-corrected chi connectivity index (χ1v) is 6.50. The van der Waals surface area contributed by atoms with Crippen LogP contribution < -0.4 is 5.73 Å². The zero-order valence-electron chi connectivity index (χ0n) is 11.3. The van der Waals surface area contributed by atoms with Gasteiger partial charge in [-0.25, -0.2) is 0 Å². The van der Waals surface area contributed by atoms with Crippen LogP contribution in [0.25, 0.3) is 10.9 Å². The molecule has 0 spiro atoms. The standard InChI is InChI=1S/C17H15N3/c1-20-11-14(9-13-4-2-3-5-16(13)19)15-7-6-12(10-18)8-17(15)20/h2-8,11H,9,19H2,1H3. The summed E-state index contributed by atoms with van der Waals surface area (Å²) in [7, 11) is 2.00. The van der Waals surface area contributed by atoms with E-state index < -0.39 is 0 Å². The third-order valence-electron chi connectivity index (χ3n) is 3.64. The second-order valence-corrected chi connectivity index (χ2v) is 4.98. The maximum absolute atomic E-state index is 8.99. The van der Waals surface area contributed by atoms with Crippen molar-refractivity contribution in [1.82, 2.24) is 4.57 Å². The number of benzene rings is 2. The third kappa shape index (κ3) is 2.02. The minimum atomic E-state index is 0.685. The van der Waals surface area contributed by atoms with Crippen LogP contribution >= 0.6 is 0 Å². The van der Waals surface area contributed by atoms with E-state index in [1.165, 1.54) is 10.9 Å². The Morgan fingerprint density at radius 1 is 1.15 bits per heavy atom. The molecule has 0 unspecified atom stereocenters. The van der Waals surface area contributed by atoms with Crippen LogP contribution in [0.2, 0.25) is 0 Å². The number of aromatic nitrogens is 1. The van der Waals surface area contributed by atoms with Crippen molar-refractivity contribution in [3.8, 4) is 6.07 Å². The fourth-order valence-corrected chi connectivity index (χ4v) is 2.58. The molecule has 0 saturated carbocycles. The van der Waals surface area contributed by atoms with Gasteiger partial charge in [0.05, 0.1) is 11.6 Å². The molecule has 0 aliphatic carbocycles. The number of rotatable bonds is 2. The molecule has 3 heteroatoms. The quantitative estimate of drug-likeness (QED) is 0.720. The number of nitrogens with two attached hydrogens (primary N) is 1. The van der Waals surface area contributed by atoms with E-state index in [1.807, 2.05) is 43.4 Å². The summed E-state index contributed by atoms with van der Waals surface area (Å²) in [4.78, 5) is 0. The average Bonchev–Trinajstić information content (AvgIpc) is 2.77. The molecule has 3 aromatic rings. The van der Waals surface area contributed by atoms with Crippen molar-refractivity contribution in [2.45, 2.75) is 6.42 Å². The molecular weight excluding hydrogens is 246 g/mol. The summed E-state index contributed by atoms with van der Waals surface area (Å²) < 4.78 is 2.06. The Kier molecular flexibility index (Phi) is 2.92. The number of nitrogen functional groups attached to an aromatic ring is 1. The molecule has 0 aliphatic heterocycles. The molecule has 0 bridgehead atoms. The van der Waals surface area contributed by atoms with Crippen molar-refractivity contribution in [1.29, 1.82) is 5.26 Å². The lowest BCUT2D eigenvalue weighted by molar-refractivity contribution is 0.958. The number of nitriles is 1. The Bertz CT molecular complexity index is 822. The highest BCUT2D eigenvalue weighted by Gasteiger charge is 2.09. The van der Waals surface area contributed by atoms with Gasteiger partial charge in [-0.3, -0.25) is 0 Å². The Hall–Kier alpha value is -2.73. The van der Waals surface area contributed by atoms with Gasteiger partial charge in [-0.2, -0.15) is 5.26 Å². The lowest BCUT2D eigenvalue weighted by Crippen LogP contribution is -1.94. The van der Waals surface area contributed by atoms with E-state index in [2.05, 4.69) is 22.9 Å². The van der Waals surface area contributed by atoms with E-state index in [9.17, 15) is 0 Å². The molecule has 3 nitrogen and oxygen atoms in total. The number of hydrogen-bond donors (Lipinski definition) is 1. The van der Waals surface area contributed by atoms with Crippen molar-refractivity contribution in [3.05, 3.63) is 65.4 Å². The van der Waals surface area contributed by atoms with E-state index in [1.54, 1.807) is 0 Å². The van der Waals surface area contributed by atoms with Crippen LogP contribution in [0.15, 0.2) is 48.7 Å². The number of aryl methyl sites for hydroxylation is 1. The molecule has 20 heavy (non-hydrogen) atoms. The number of para-hydroxylation sites is 1. The van der Waals surface area contributed by atoms with Gasteiger partial charge in [0.15, 0.2) is 0 Å². The van der Waals surface area contributed by atoms with Crippen LogP contribution in [0.5, 0.6) is 0 Å². The minimum Gasteiger partial charge on any atom is -0.398 e. The van der Waals surface area contributed by atoms with Crippen molar-refractivity contribution in [2.75, 3.05) is 5.73 Å². The molecule has 1 heterocycles. The van der Waals surface area contributed by atoms with E-state index in [0.29, 0.717) is 5.56 Å². The van der Waals surface area contributed by atoms with Crippen LogP contribution in [0, 0.1) is 11.3 Å². The van der Waals surface area contributed by atoms with Gasteiger partial charge in [0.25, 0.3) is 0 Å². The first-order valence-electron chi connectivity index (χ1n) is 6.50. The molecule has 0 fully saturated rings. The van der Waals surface area contributed by atoms with Crippen molar-refractivity contribution in [2.24, 2.45) is 7.05 Å². The Balaban J connectivity index is 2.09. The minimum absolute atomic E-state index is 0.685. The molecule has 3 rings (SSSR count). The highest BCUT2D eigenvalue weighted by atomic mass is 14.9. The Morgan fingerprint density at radius 3 is 2.70 bits per heavy atom. The molecule has 2 N–H and O–H groups in total. The first-order chi connectivity index (χ1) is 9.69. The lowest BCUT2D eigenvalue weighted by atomic mass is 10.0. The lowest BCUT2D eigenvalue weighted by Gasteiger charge is -2.04. The monoisotopic (exact) mass is 261 g/mol. The fraction of sp³-hybridized carbons (Fsp3) is 0.118. The van der Waals surface area contributed by atoms with Gasteiger partial charge in [-0.15, -0.1) is 0 Å². The van der Waals surface area contributed by atoms with Crippen molar-refractivity contribution >= 4 is 16.6 Å². The molecule has 0 radical (unpaired) electrons. The van der Waals surface area contributed by atoms with E-state index in [-0.39, 0.29) is 0 Å². The van der Waals surface area contributed by atoms with Crippen LogP contribution in [0.1, 0.15) is 16.7 Å². The summed E-state index contributed by atoms with van der Waals surface area (Å²) in [5.74, 6) is 0. The van der Waals surface area contributed by atoms with Gasteiger partial charge in [-0.1, -0.05) is 24.3 Å². The van der Waals surface area contributed by atoms with Gasteiger partial charge in [0.2, 0.25) is 0 Å². The SMILES string of the molecule is Cn1cc(Cc2ccccc2N)c2ccc(C#N)cc21. The molecule has 2 aromatic carbocycles. The summed E-state index contributed by atoms with van der Waals surface area (Å²) in [6.45, 7) is 0. The van der Waals surface area contributed by atoms with Gasteiger partial charge in [0, 0.05) is 36.3 Å². The number of fused-ring (bicyclic) bond motifs is 1. The topological polar surface area (TPSA) is 54.7 Å². The largest absolute Gasteiger partial charge is 0.398 e. The van der Waals surface area contributed by atoms with E-state index in [4.69, 9.17) is 11.0 Å². The normalized spacial score (nSPS) is 10.6. The smallest absolute Gasteiger partial charge is 0.0992 e. The number of nitrogens with zero attached hydrogens (tertiary/aromatic N) is 2. The third-order valence-corrected chi connectivity index (χ3v) is 3.64. The first kappa shape index (κ1) is 12.3. The number of hydrogen-bond acceptors (Lipinski definition) is 2. The highest BCUT2D eigenvalue weighted by Crippen LogP contribution is 2.25.